The van der Waals surface area contributed by atoms with Crippen molar-refractivity contribution in [2.75, 3.05) is 37.7 Å². The molecule has 1 fully saturated rings. The smallest absolute Gasteiger partial charge is 0.258 e. The minimum Gasteiger partial charge on any atom is -0.380 e. The van der Waals surface area contributed by atoms with Gasteiger partial charge in [-0.3, -0.25) is 4.79 Å². The van der Waals surface area contributed by atoms with E-state index in [-0.39, 0.29) is 24.4 Å². The Labute approximate surface area is 174 Å². The Morgan fingerprint density at radius 2 is 1.75 bits per heavy atom. The number of halogens is 1. The number of para-hydroxylation sites is 1. The zero-order chi connectivity index (χ0) is 19.1. The molecule has 1 saturated heterocycles. The SMILES string of the molecule is CCOCCN1CC[C@@H](N(C(=O)c2ccccc2)c2ccccc2)[C@@H](C)C1.Cl. The zero-order valence-corrected chi connectivity index (χ0v) is 17.6. The van der Waals surface area contributed by atoms with Gasteiger partial charge in [-0.2, -0.15) is 0 Å². The van der Waals surface area contributed by atoms with Gasteiger partial charge in [0.2, 0.25) is 0 Å². The van der Waals surface area contributed by atoms with Gasteiger partial charge in [-0.1, -0.05) is 43.3 Å². The van der Waals surface area contributed by atoms with Gasteiger partial charge in [-0.25, -0.2) is 0 Å². The third-order valence-electron chi connectivity index (χ3n) is 5.31. The molecule has 2 aromatic rings. The second-order valence-electron chi connectivity index (χ2n) is 7.21. The molecule has 28 heavy (non-hydrogen) atoms. The first kappa shape index (κ1) is 22.4. The number of carbonyl (C=O) groups excluding carboxylic acids is 1. The lowest BCUT2D eigenvalue weighted by molar-refractivity contribution is 0.0812. The van der Waals surface area contributed by atoms with Crippen LogP contribution in [0.4, 0.5) is 5.69 Å². The highest BCUT2D eigenvalue weighted by Crippen LogP contribution is 2.29. The van der Waals surface area contributed by atoms with Crippen molar-refractivity contribution in [3.63, 3.8) is 0 Å². The molecule has 0 aromatic heterocycles. The molecular weight excluding hydrogens is 372 g/mol. The van der Waals surface area contributed by atoms with Crippen LogP contribution in [-0.2, 0) is 4.74 Å². The fourth-order valence-electron chi connectivity index (χ4n) is 3.91. The first-order valence-electron chi connectivity index (χ1n) is 9.94. The summed E-state index contributed by atoms with van der Waals surface area (Å²) in [5.41, 5.74) is 1.72. The van der Waals surface area contributed by atoms with E-state index in [1.807, 2.05) is 72.5 Å². The maximum Gasteiger partial charge on any atom is 0.258 e. The molecule has 0 spiro atoms. The van der Waals surface area contributed by atoms with Crippen molar-refractivity contribution >= 4 is 24.0 Å². The number of hydrogen-bond donors (Lipinski definition) is 0. The predicted molar refractivity (Wildman–Crippen MR) is 117 cm³/mol. The molecule has 152 valence electrons. The van der Waals surface area contributed by atoms with Gasteiger partial charge in [0.15, 0.2) is 0 Å². The molecule has 0 radical (unpaired) electrons. The van der Waals surface area contributed by atoms with E-state index in [4.69, 9.17) is 4.74 Å². The van der Waals surface area contributed by atoms with Gasteiger partial charge < -0.3 is 14.5 Å². The average molecular weight is 403 g/mol. The molecule has 2 aromatic carbocycles. The Balaban J connectivity index is 0.00000280. The molecule has 0 aliphatic carbocycles. The van der Waals surface area contributed by atoms with Crippen LogP contribution in [0.15, 0.2) is 60.7 Å². The highest BCUT2D eigenvalue weighted by molar-refractivity contribution is 6.06. The first-order valence-corrected chi connectivity index (χ1v) is 9.94. The molecule has 4 nitrogen and oxygen atoms in total. The topological polar surface area (TPSA) is 32.8 Å². The monoisotopic (exact) mass is 402 g/mol. The Hall–Kier alpha value is -1.88. The summed E-state index contributed by atoms with van der Waals surface area (Å²) in [6, 6.07) is 19.9. The standard InChI is InChI=1S/C23H30N2O2.ClH/c1-3-27-17-16-24-15-14-22(19(2)18-24)25(21-12-8-5-9-13-21)23(26)20-10-6-4-7-11-20;/h4-13,19,22H,3,14-18H2,1-2H3;1H/t19-,22+;/m0./s1. The summed E-state index contributed by atoms with van der Waals surface area (Å²) in [5.74, 6) is 0.481. The quantitative estimate of drug-likeness (QED) is 0.639. The minimum atomic E-state index is 0. The van der Waals surface area contributed by atoms with Crippen molar-refractivity contribution in [1.82, 2.24) is 4.90 Å². The van der Waals surface area contributed by atoms with E-state index in [2.05, 4.69) is 11.8 Å². The zero-order valence-electron chi connectivity index (χ0n) is 16.8. The number of piperidine rings is 1. The van der Waals surface area contributed by atoms with Crippen molar-refractivity contribution < 1.29 is 9.53 Å². The van der Waals surface area contributed by atoms with Crippen LogP contribution in [0.5, 0.6) is 0 Å². The maximum absolute atomic E-state index is 13.4. The van der Waals surface area contributed by atoms with Crippen LogP contribution in [0.2, 0.25) is 0 Å². The molecule has 1 heterocycles. The Morgan fingerprint density at radius 3 is 2.36 bits per heavy atom. The summed E-state index contributed by atoms with van der Waals surface area (Å²) in [6.07, 6.45) is 0.973. The number of ether oxygens (including phenoxy) is 1. The largest absolute Gasteiger partial charge is 0.380 e. The van der Waals surface area contributed by atoms with Crippen molar-refractivity contribution in [3.05, 3.63) is 66.2 Å². The van der Waals surface area contributed by atoms with Crippen LogP contribution in [-0.4, -0.2) is 49.7 Å². The van der Waals surface area contributed by atoms with Gasteiger partial charge in [0.25, 0.3) is 5.91 Å². The van der Waals surface area contributed by atoms with Gasteiger partial charge >= 0.3 is 0 Å². The molecule has 1 amide bonds. The summed E-state index contributed by atoms with van der Waals surface area (Å²) < 4.78 is 5.50. The van der Waals surface area contributed by atoms with E-state index in [1.54, 1.807) is 0 Å². The van der Waals surface area contributed by atoms with Gasteiger partial charge in [-0.05, 0) is 43.5 Å². The van der Waals surface area contributed by atoms with E-state index >= 15 is 0 Å². The summed E-state index contributed by atoms with van der Waals surface area (Å²) in [7, 11) is 0. The average Bonchev–Trinajstić information content (AvgIpc) is 2.71. The third-order valence-corrected chi connectivity index (χ3v) is 5.31. The van der Waals surface area contributed by atoms with E-state index in [0.717, 1.165) is 50.5 Å². The molecule has 2 atom stereocenters. The lowest BCUT2D eigenvalue weighted by Gasteiger charge is -2.42. The van der Waals surface area contributed by atoms with Crippen LogP contribution in [0, 0.1) is 5.92 Å². The summed E-state index contributed by atoms with van der Waals surface area (Å²) >= 11 is 0. The van der Waals surface area contributed by atoms with Crippen LogP contribution in [0.1, 0.15) is 30.6 Å². The minimum absolute atomic E-state index is 0. The van der Waals surface area contributed by atoms with Gasteiger partial charge in [0, 0.05) is 43.5 Å². The van der Waals surface area contributed by atoms with Gasteiger partial charge in [0.1, 0.15) is 0 Å². The van der Waals surface area contributed by atoms with Gasteiger partial charge in [-0.15, -0.1) is 12.4 Å². The number of amides is 1. The molecule has 0 bridgehead atoms. The number of rotatable bonds is 7. The second-order valence-corrected chi connectivity index (χ2v) is 7.21. The fourth-order valence-corrected chi connectivity index (χ4v) is 3.91. The summed E-state index contributed by atoms with van der Waals surface area (Å²) in [6.45, 7) is 8.77. The lowest BCUT2D eigenvalue weighted by Crippen LogP contribution is -2.53. The second kappa shape index (κ2) is 11.2. The van der Waals surface area contributed by atoms with Crippen molar-refractivity contribution in [2.45, 2.75) is 26.3 Å². The Kier molecular flexibility index (Phi) is 8.97. The molecule has 1 aliphatic rings. The molecular formula is C23H31ClN2O2. The molecule has 5 heteroatoms. The van der Waals surface area contributed by atoms with Crippen molar-refractivity contribution in [2.24, 2.45) is 5.92 Å². The van der Waals surface area contributed by atoms with Gasteiger partial charge in [0.05, 0.1) is 6.61 Å². The van der Waals surface area contributed by atoms with Crippen molar-refractivity contribution in [1.29, 1.82) is 0 Å². The Bertz CT molecular complexity index is 711. The summed E-state index contributed by atoms with van der Waals surface area (Å²) in [5, 5.41) is 0. The van der Waals surface area contributed by atoms with E-state index in [9.17, 15) is 4.79 Å². The molecule has 0 N–H and O–H groups in total. The maximum atomic E-state index is 13.4. The van der Waals surface area contributed by atoms with Crippen LogP contribution in [0.3, 0.4) is 0 Å². The van der Waals surface area contributed by atoms with E-state index in [1.165, 1.54) is 0 Å². The fraction of sp³-hybridized carbons (Fsp3) is 0.435. The predicted octanol–water partition coefficient (Wildman–Crippen LogP) is 4.50. The number of nitrogens with zero attached hydrogens (tertiary/aromatic N) is 2. The third kappa shape index (κ3) is 5.57. The lowest BCUT2D eigenvalue weighted by atomic mass is 9.91. The molecule has 0 unspecified atom stereocenters. The van der Waals surface area contributed by atoms with E-state index in [0.29, 0.717) is 5.92 Å². The molecule has 0 saturated carbocycles. The normalized spacial score (nSPS) is 19.6. The number of anilines is 1. The summed E-state index contributed by atoms with van der Waals surface area (Å²) in [4.78, 5) is 17.8. The number of likely N-dealkylation sites (tertiary alicyclic amines) is 1. The van der Waals surface area contributed by atoms with E-state index < -0.39 is 0 Å². The highest BCUT2D eigenvalue weighted by Gasteiger charge is 2.34. The number of hydrogen-bond acceptors (Lipinski definition) is 3. The van der Waals surface area contributed by atoms with Crippen LogP contribution < -0.4 is 4.90 Å². The number of carbonyl (C=O) groups is 1. The first-order chi connectivity index (χ1) is 13.2. The number of benzene rings is 2. The van der Waals surface area contributed by atoms with Crippen LogP contribution in [0.25, 0.3) is 0 Å². The highest BCUT2D eigenvalue weighted by atomic mass is 35.5. The van der Waals surface area contributed by atoms with Crippen LogP contribution >= 0.6 is 12.4 Å². The molecule has 1 aliphatic heterocycles. The Morgan fingerprint density at radius 1 is 1.11 bits per heavy atom. The molecule has 3 rings (SSSR count). The van der Waals surface area contributed by atoms with Crippen molar-refractivity contribution in [3.8, 4) is 0 Å².